The van der Waals surface area contributed by atoms with Crippen LogP contribution in [0.5, 0.6) is 0 Å². The molecule has 5 aromatic rings. The Morgan fingerprint density at radius 2 is 1.72 bits per heavy atom. The Labute approximate surface area is 284 Å². The molecule has 6 nitrogen and oxygen atoms in total. The number of rotatable bonds is 11. The number of Topliss-reactive ketones (excluding diaryl/α,β-unsaturated/α-hetero) is 1. The molecule has 1 aliphatic heterocycles. The van der Waals surface area contributed by atoms with Crippen molar-refractivity contribution < 1.29 is 14.0 Å². The van der Waals surface area contributed by atoms with E-state index in [0.29, 0.717) is 40.9 Å². The van der Waals surface area contributed by atoms with Gasteiger partial charge in [0.1, 0.15) is 5.82 Å². The number of hydrogen-bond acceptors (Lipinski definition) is 4. The molecule has 0 aliphatic carbocycles. The number of aromatic nitrogens is 2. The molecule has 1 N–H and O–H groups in total. The molecular weight excluding hydrogens is 634 g/mol. The van der Waals surface area contributed by atoms with Crippen LogP contribution in [0, 0.1) is 11.7 Å². The Bertz CT molecular complexity index is 1860. The summed E-state index contributed by atoms with van der Waals surface area (Å²) in [6, 6.07) is 29.2. The van der Waals surface area contributed by atoms with Crippen molar-refractivity contribution in [2.45, 2.75) is 44.2 Å². The largest absolute Gasteiger partial charge is 0.341 e. The summed E-state index contributed by atoms with van der Waals surface area (Å²) in [6.45, 7) is 1.66. The van der Waals surface area contributed by atoms with Gasteiger partial charge in [-0.1, -0.05) is 71.7 Å². The minimum absolute atomic E-state index is 0.0141. The summed E-state index contributed by atoms with van der Waals surface area (Å²) in [6.07, 6.45) is 3.01. The van der Waals surface area contributed by atoms with Gasteiger partial charge in [0.05, 0.1) is 21.1 Å². The first-order valence-corrected chi connectivity index (χ1v) is 16.7. The molecule has 0 spiro atoms. The van der Waals surface area contributed by atoms with Crippen LogP contribution in [0.25, 0.3) is 11.0 Å². The van der Waals surface area contributed by atoms with Gasteiger partial charge in [0.25, 0.3) is 5.91 Å². The van der Waals surface area contributed by atoms with Gasteiger partial charge in [-0.15, -0.1) is 0 Å². The molecule has 0 radical (unpaired) electrons. The standard InChI is InChI=1S/C38H37Cl2FN4O2/c1-44(38(47)26-7-3-2-4-8-26)24-29(27-14-18-32(39)33(40)22-27)13-17-31-21-28(19-20-42-31)36(46)37-43-34-9-5-6-10-35(34)45(37)23-25-11-15-30(41)16-12-25/h2-12,14-16,18,22,28-29,31,42H,13,17,19-21,23-24H2,1H3. The highest BCUT2D eigenvalue weighted by Crippen LogP contribution is 2.32. The van der Waals surface area contributed by atoms with E-state index in [1.165, 1.54) is 12.1 Å². The van der Waals surface area contributed by atoms with Crippen LogP contribution >= 0.6 is 23.2 Å². The Morgan fingerprint density at radius 3 is 2.49 bits per heavy atom. The second-order valence-electron chi connectivity index (χ2n) is 12.4. The molecule has 242 valence electrons. The van der Waals surface area contributed by atoms with Gasteiger partial charge in [-0.05, 0) is 91.9 Å². The number of piperidine rings is 1. The van der Waals surface area contributed by atoms with Crippen molar-refractivity contribution in [3.05, 3.63) is 135 Å². The first kappa shape index (κ1) is 32.9. The SMILES string of the molecule is CN(CC(CCC1CC(C(=O)c2nc3ccccc3n2Cc2ccc(F)cc2)CCN1)c1ccc(Cl)c(Cl)c1)C(=O)c1ccccc1. The number of carbonyl (C=O) groups is 2. The molecule has 0 bridgehead atoms. The highest BCUT2D eigenvalue weighted by atomic mass is 35.5. The van der Waals surface area contributed by atoms with Crippen molar-refractivity contribution in [2.24, 2.45) is 5.92 Å². The van der Waals surface area contributed by atoms with Gasteiger partial charge >= 0.3 is 0 Å². The van der Waals surface area contributed by atoms with Crippen LogP contribution in [0.4, 0.5) is 4.39 Å². The van der Waals surface area contributed by atoms with Gasteiger partial charge in [-0.3, -0.25) is 9.59 Å². The highest BCUT2D eigenvalue weighted by Gasteiger charge is 2.32. The maximum atomic E-state index is 14.1. The van der Waals surface area contributed by atoms with Crippen molar-refractivity contribution in [1.82, 2.24) is 19.8 Å². The predicted molar refractivity (Wildman–Crippen MR) is 186 cm³/mol. The lowest BCUT2D eigenvalue weighted by Gasteiger charge is -2.31. The van der Waals surface area contributed by atoms with E-state index in [4.69, 9.17) is 28.2 Å². The Balaban J connectivity index is 1.18. The smallest absolute Gasteiger partial charge is 0.253 e. The topological polar surface area (TPSA) is 67.2 Å². The third-order valence-corrected chi connectivity index (χ3v) is 9.87. The van der Waals surface area contributed by atoms with Crippen molar-refractivity contribution >= 4 is 45.9 Å². The van der Waals surface area contributed by atoms with Crippen LogP contribution in [0.3, 0.4) is 0 Å². The molecule has 3 unspecified atom stereocenters. The number of benzene rings is 4. The number of likely N-dealkylation sites (N-methyl/N-ethyl adjacent to an activating group) is 1. The average molecular weight is 672 g/mol. The lowest BCUT2D eigenvalue weighted by molar-refractivity contribution is 0.0780. The number of amides is 1. The quantitative estimate of drug-likeness (QED) is 0.143. The fourth-order valence-corrected chi connectivity index (χ4v) is 6.90. The van der Waals surface area contributed by atoms with E-state index in [1.807, 2.05) is 78.3 Å². The first-order chi connectivity index (χ1) is 22.8. The van der Waals surface area contributed by atoms with Crippen LogP contribution in [-0.4, -0.2) is 52.3 Å². The second-order valence-corrected chi connectivity index (χ2v) is 13.2. The zero-order valence-corrected chi connectivity index (χ0v) is 27.7. The molecule has 1 aliphatic rings. The number of fused-ring (bicyclic) bond motifs is 1. The van der Waals surface area contributed by atoms with Crippen LogP contribution in [0.1, 0.15) is 63.7 Å². The summed E-state index contributed by atoms with van der Waals surface area (Å²) >= 11 is 12.7. The van der Waals surface area contributed by atoms with Gasteiger partial charge in [-0.2, -0.15) is 0 Å². The number of hydrogen-bond donors (Lipinski definition) is 1. The monoisotopic (exact) mass is 670 g/mol. The van der Waals surface area contributed by atoms with Crippen molar-refractivity contribution in [2.75, 3.05) is 20.1 Å². The Kier molecular flexibility index (Phi) is 10.4. The summed E-state index contributed by atoms with van der Waals surface area (Å²) in [5.41, 5.74) is 4.20. The number of nitrogens with zero attached hydrogens (tertiary/aromatic N) is 3. The summed E-state index contributed by atoms with van der Waals surface area (Å²) in [4.78, 5) is 33.9. The Morgan fingerprint density at radius 1 is 0.979 bits per heavy atom. The number of halogens is 3. The lowest BCUT2D eigenvalue weighted by atomic mass is 9.84. The third-order valence-electron chi connectivity index (χ3n) is 9.13. The molecule has 47 heavy (non-hydrogen) atoms. The van der Waals surface area contributed by atoms with E-state index in [2.05, 4.69) is 5.32 Å². The van der Waals surface area contributed by atoms with Crippen molar-refractivity contribution in [3.8, 4) is 0 Å². The fraction of sp³-hybridized carbons (Fsp3) is 0.289. The number of carbonyl (C=O) groups excluding carboxylic acids is 2. The molecule has 1 saturated heterocycles. The van der Waals surface area contributed by atoms with Gasteiger partial charge in [0, 0.05) is 43.6 Å². The van der Waals surface area contributed by atoms with Crippen LogP contribution in [0.15, 0.2) is 97.1 Å². The van der Waals surface area contributed by atoms with E-state index in [9.17, 15) is 14.0 Å². The van der Waals surface area contributed by atoms with Gasteiger partial charge in [0.15, 0.2) is 5.82 Å². The van der Waals surface area contributed by atoms with Crippen molar-refractivity contribution in [1.29, 1.82) is 0 Å². The highest BCUT2D eigenvalue weighted by molar-refractivity contribution is 6.42. The zero-order valence-electron chi connectivity index (χ0n) is 26.2. The lowest BCUT2D eigenvalue weighted by Crippen LogP contribution is -2.41. The van der Waals surface area contributed by atoms with E-state index < -0.39 is 0 Å². The molecule has 1 fully saturated rings. The molecule has 1 amide bonds. The van der Waals surface area contributed by atoms with E-state index in [0.717, 1.165) is 48.0 Å². The van der Waals surface area contributed by atoms with Crippen LogP contribution in [0.2, 0.25) is 10.0 Å². The molecular formula is C38H37Cl2FN4O2. The summed E-state index contributed by atoms with van der Waals surface area (Å²) < 4.78 is 15.6. The number of imidazole rings is 1. The molecule has 1 aromatic heterocycles. The van der Waals surface area contributed by atoms with Gasteiger partial charge in [0.2, 0.25) is 5.78 Å². The fourth-order valence-electron chi connectivity index (χ4n) is 6.59. The number of nitrogens with one attached hydrogen (secondary N) is 1. The third kappa shape index (κ3) is 7.75. The summed E-state index contributed by atoms with van der Waals surface area (Å²) in [5.74, 6) is -0.0336. The molecule has 2 heterocycles. The normalized spacial score (nSPS) is 17.0. The van der Waals surface area contributed by atoms with Crippen LogP contribution in [-0.2, 0) is 6.54 Å². The predicted octanol–water partition coefficient (Wildman–Crippen LogP) is 8.42. The number of ketones is 1. The molecule has 9 heteroatoms. The maximum absolute atomic E-state index is 14.1. The Hall–Kier alpha value is -4.04. The maximum Gasteiger partial charge on any atom is 0.253 e. The summed E-state index contributed by atoms with van der Waals surface area (Å²) in [7, 11) is 1.82. The second kappa shape index (κ2) is 14.8. The van der Waals surface area contributed by atoms with E-state index in [1.54, 1.807) is 23.1 Å². The summed E-state index contributed by atoms with van der Waals surface area (Å²) in [5, 5.41) is 4.60. The van der Waals surface area contributed by atoms with Crippen molar-refractivity contribution in [3.63, 3.8) is 0 Å². The van der Waals surface area contributed by atoms with Gasteiger partial charge in [-0.25, -0.2) is 9.37 Å². The minimum Gasteiger partial charge on any atom is -0.341 e. The molecule has 0 saturated carbocycles. The van der Waals surface area contributed by atoms with E-state index in [-0.39, 0.29) is 35.4 Å². The molecule has 4 aromatic carbocycles. The zero-order chi connectivity index (χ0) is 32.9. The van der Waals surface area contributed by atoms with E-state index >= 15 is 0 Å². The van der Waals surface area contributed by atoms with Crippen LogP contribution < -0.4 is 5.32 Å². The number of para-hydroxylation sites is 2. The molecule has 6 rings (SSSR count). The minimum atomic E-state index is -0.294. The average Bonchev–Trinajstić information content (AvgIpc) is 3.46. The molecule has 3 atom stereocenters. The first-order valence-electron chi connectivity index (χ1n) is 16.0. The van der Waals surface area contributed by atoms with Gasteiger partial charge < -0.3 is 14.8 Å².